The molecule has 0 saturated carbocycles. The van der Waals surface area contributed by atoms with Gasteiger partial charge < -0.3 is 14.8 Å². The number of non-ortho nitro benzene ring substituents is 1. The quantitative estimate of drug-likeness (QED) is 0.297. The van der Waals surface area contributed by atoms with Crippen LogP contribution in [-0.2, 0) is 9.59 Å². The number of methoxy groups -OCH3 is 2. The van der Waals surface area contributed by atoms with Crippen LogP contribution < -0.4 is 14.8 Å². The van der Waals surface area contributed by atoms with Crippen molar-refractivity contribution in [3.63, 3.8) is 0 Å². The van der Waals surface area contributed by atoms with Gasteiger partial charge in [0.2, 0.25) is 6.04 Å². The molecule has 0 bridgehead atoms. The highest BCUT2D eigenvalue weighted by Gasteiger charge is 2.26. The Labute approximate surface area is 170 Å². The van der Waals surface area contributed by atoms with Crippen molar-refractivity contribution in [1.82, 2.24) is 0 Å². The number of halogens is 1. The van der Waals surface area contributed by atoms with Gasteiger partial charge in [0.25, 0.3) is 11.6 Å². The number of nitrogens with zero attached hydrogens (tertiary/aromatic N) is 3. The summed E-state index contributed by atoms with van der Waals surface area (Å²) in [7, 11) is 2.80. The molecule has 2 aromatic rings. The summed E-state index contributed by atoms with van der Waals surface area (Å²) in [5.41, 5.74) is 0.242. The fourth-order valence-electron chi connectivity index (χ4n) is 2.29. The molecule has 0 aliphatic carbocycles. The molecule has 0 spiro atoms. The van der Waals surface area contributed by atoms with Gasteiger partial charge in [-0.05, 0) is 31.2 Å². The van der Waals surface area contributed by atoms with E-state index in [0.29, 0.717) is 5.75 Å². The van der Waals surface area contributed by atoms with Crippen molar-refractivity contribution in [3.8, 4) is 11.5 Å². The van der Waals surface area contributed by atoms with Crippen molar-refractivity contribution >= 4 is 40.4 Å². The molecule has 0 aromatic heterocycles. The molecule has 0 aliphatic heterocycles. The van der Waals surface area contributed by atoms with Crippen LogP contribution in [0.1, 0.15) is 6.92 Å². The van der Waals surface area contributed by atoms with Crippen molar-refractivity contribution in [2.24, 2.45) is 10.2 Å². The third-order valence-corrected chi connectivity index (χ3v) is 4.04. The maximum Gasteiger partial charge on any atom is 0.269 e. The van der Waals surface area contributed by atoms with Crippen LogP contribution in [0.5, 0.6) is 11.5 Å². The molecule has 1 unspecified atom stereocenters. The Hall–Kier alpha value is -3.53. The standard InChI is InChI=1S/C18H17ClN4O6/c1-10(24)15(22-21-11-4-6-12(7-5-11)23(26)27)18(25)20-16-13(19)8-9-14(28-2)17(16)29-3/h4-9,15H,1-3H3,(H,20,25). The number of carbonyl (C=O) groups excluding carboxylic acids is 2. The third kappa shape index (κ3) is 5.26. The molecule has 2 aromatic carbocycles. The minimum Gasteiger partial charge on any atom is -0.493 e. The van der Waals surface area contributed by atoms with E-state index in [4.69, 9.17) is 21.1 Å². The molecule has 1 N–H and O–H groups in total. The Morgan fingerprint density at radius 1 is 1.14 bits per heavy atom. The normalized spacial score (nSPS) is 11.7. The minimum atomic E-state index is -1.46. The molecule has 10 nitrogen and oxygen atoms in total. The molecular formula is C18H17ClN4O6. The Morgan fingerprint density at radius 2 is 1.79 bits per heavy atom. The van der Waals surface area contributed by atoms with E-state index in [1.54, 1.807) is 6.07 Å². The van der Waals surface area contributed by atoms with Gasteiger partial charge >= 0.3 is 0 Å². The molecule has 0 saturated heterocycles. The monoisotopic (exact) mass is 420 g/mol. The van der Waals surface area contributed by atoms with Crippen molar-refractivity contribution in [2.75, 3.05) is 19.5 Å². The summed E-state index contributed by atoms with van der Waals surface area (Å²) >= 11 is 6.13. The zero-order valence-corrected chi connectivity index (χ0v) is 16.5. The number of amides is 1. The van der Waals surface area contributed by atoms with Gasteiger partial charge in [-0.3, -0.25) is 19.7 Å². The Balaban J connectivity index is 2.27. The number of nitro benzene ring substituents is 1. The number of ether oxygens (including phenoxy) is 2. The molecule has 2 rings (SSSR count). The van der Waals surface area contributed by atoms with E-state index in [0.717, 1.165) is 0 Å². The number of hydrogen-bond donors (Lipinski definition) is 1. The van der Waals surface area contributed by atoms with Crippen molar-refractivity contribution in [2.45, 2.75) is 13.0 Å². The lowest BCUT2D eigenvalue weighted by atomic mass is 10.2. The van der Waals surface area contributed by atoms with E-state index in [-0.39, 0.29) is 27.8 Å². The van der Waals surface area contributed by atoms with Crippen LogP contribution in [0.25, 0.3) is 0 Å². The predicted octanol–water partition coefficient (Wildman–Crippen LogP) is 3.95. The largest absolute Gasteiger partial charge is 0.493 e. The third-order valence-electron chi connectivity index (χ3n) is 3.73. The summed E-state index contributed by atoms with van der Waals surface area (Å²) < 4.78 is 10.4. The van der Waals surface area contributed by atoms with Crippen LogP contribution in [0.3, 0.4) is 0 Å². The number of rotatable bonds is 8. The summed E-state index contributed by atoms with van der Waals surface area (Å²) in [6.07, 6.45) is 0. The van der Waals surface area contributed by atoms with E-state index in [1.807, 2.05) is 0 Å². The minimum absolute atomic E-state index is 0.121. The van der Waals surface area contributed by atoms with Gasteiger partial charge in [-0.1, -0.05) is 11.6 Å². The van der Waals surface area contributed by atoms with Gasteiger partial charge in [-0.25, -0.2) is 0 Å². The lowest BCUT2D eigenvalue weighted by molar-refractivity contribution is -0.384. The van der Waals surface area contributed by atoms with E-state index in [2.05, 4.69) is 15.5 Å². The second-order valence-electron chi connectivity index (χ2n) is 5.65. The number of hydrogen-bond acceptors (Lipinski definition) is 8. The molecule has 1 atom stereocenters. The summed E-state index contributed by atoms with van der Waals surface area (Å²) in [6.45, 7) is 1.18. The predicted molar refractivity (Wildman–Crippen MR) is 105 cm³/mol. The van der Waals surface area contributed by atoms with Gasteiger partial charge in [0.15, 0.2) is 17.3 Å². The lowest BCUT2D eigenvalue weighted by Gasteiger charge is -2.16. The number of azo groups is 1. The number of Topliss-reactive ketones (excluding diaryl/α,β-unsaturated/α-hetero) is 1. The summed E-state index contributed by atoms with van der Waals surface area (Å²) in [6, 6.07) is 6.76. The van der Waals surface area contributed by atoms with E-state index in [1.165, 1.54) is 51.5 Å². The first-order valence-corrected chi connectivity index (χ1v) is 8.53. The highest BCUT2D eigenvalue weighted by molar-refractivity contribution is 6.34. The van der Waals surface area contributed by atoms with Gasteiger partial charge in [0.1, 0.15) is 5.69 Å². The number of nitrogens with one attached hydrogen (secondary N) is 1. The fourth-order valence-corrected chi connectivity index (χ4v) is 2.49. The van der Waals surface area contributed by atoms with E-state index < -0.39 is 22.7 Å². The number of ketones is 1. The van der Waals surface area contributed by atoms with Crippen LogP contribution in [0.2, 0.25) is 5.02 Å². The SMILES string of the molecule is COc1ccc(Cl)c(NC(=O)C(N=Nc2ccc([N+](=O)[O-])cc2)C(C)=O)c1OC. The van der Waals surface area contributed by atoms with Gasteiger partial charge in [-0.2, -0.15) is 10.2 Å². The zero-order valence-electron chi connectivity index (χ0n) is 15.7. The van der Waals surface area contributed by atoms with Crippen LogP contribution >= 0.6 is 11.6 Å². The molecule has 29 heavy (non-hydrogen) atoms. The summed E-state index contributed by atoms with van der Waals surface area (Å²) in [4.78, 5) is 34.6. The molecule has 0 aliphatic rings. The average Bonchev–Trinajstić information content (AvgIpc) is 2.69. The summed E-state index contributed by atoms with van der Waals surface area (Å²) in [5, 5.41) is 21.0. The maximum atomic E-state index is 12.6. The van der Waals surface area contributed by atoms with Gasteiger partial charge in [-0.15, -0.1) is 0 Å². The Kier molecular flexibility index (Phi) is 7.21. The topological polar surface area (TPSA) is 132 Å². The molecule has 1 amide bonds. The molecule has 11 heteroatoms. The van der Waals surface area contributed by atoms with Crippen molar-refractivity contribution < 1.29 is 24.0 Å². The highest BCUT2D eigenvalue weighted by Crippen LogP contribution is 2.40. The first-order chi connectivity index (χ1) is 13.8. The zero-order chi connectivity index (χ0) is 21.6. The number of anilines is 1. The van der Waals surface area contributed by atoms with E-state index in [9.17, 15) is 19.7 Å². The average molecular weight is 421 g/mol. The van der Waals surface area contributed by atoms with E-state index >= 15 is 0 Å². The lowest BCUT2D eigenvalue weighted by Crippen LogP contribution is -2.32. The van der Waals surface area contributed by atoms with Gasteiger partial charge in [0.05, 0.1) is 29.9 Å². The molecule has 0 heterocycles. The Bertz CT molecular complexity index is 962. The number of benzene rings is 2. The second kappa shape index (κ2) is 9.60. The van der Waals surface area contributed by atoms with Crippen molar-refractivity contribution in [3.05, 3.63) is 51.5 Å². The second-order valence-corrected chi connectivity index (χ2v) is 6.06. The van der Waals surface area contributed by atoms with Crippen molar-refractivity contribution in [1.29, 1.82) is 0 Å². The molecule has 0 fully saturated rings. The molecular weight excluding hydrogens is 404 g/mol. The first kappa shape index (κ1) is 21.8. The highest BCUT2D eigenvalue weighted by atomic mass is 35.5. The Morgan fingerprint density at radius 3 is 2.31 bits per heavy atom. The van der Waals surface area contributed by atoms with Crippen LogP contribution in [-0.4, -0.2) is 36.9 Å². The first-order valence-electron chi connectivity index (χ1n) is 8.15. The smallest absolute Gasteiger partial charge is 0.269 e. The van der Waals surface area contributed by atoms with Gasteiger partial charge in [0, 0.05) is 12.1 Å². The maximum absolute atomic E-state index is 12.6. The van der Waals surface area contributed by atoms with Crippen LogP contribution in [0, 0.1) is 10.1 Å². The number of carbonyl (C=O) groups is 2. The van der Waals surface area contributed by atoms with Crippen LogP contribution in [0.15, 0.2) is 46.6 Å². The number of nitro groups is 1. The molecule has 152 valence electrons. The summed E-state index contributed by atoms with van der Waals surface area (Å²) in [5.74, 6) is -0.829. The molecule has 0 radical (unpaired) electrons. The fraction of sp³-hybridized carbons (Fsp3) is 0.222. The van der Waals surface area contributed by atoms with Crippen LogP contribution in [0.4, 0.5) is 17.1 Å².